The van der Waals surface area contributed by atoms with Crippen LogP contribution in [0.1, 0.15) is 50.8 Å². The Morgan fingerprint density at radius 1 is 1.21 bits per heavy atom. The molecule has 1 aliphatic rings. The number of hydrogen-bond acceptors (Lipinski definition) is 5. The van der Waals surface area contributed by atoms with E-state index in [4.69, 9.17) is 4.74 Å². The van der Waals surface area contributed by atoms with Crippen molar-refractivity contribution >= 4 is 17.4 Å². The number of nitrogens with zero attached hydrogens (tertiary/aromatic N) is 2. The number of rotatable bonds is 7. The lowest BCUT2D eigenvalue weighted by atomic mass is 9.96. The zero-order chi connectivity index (χ0) is 21.0. The van der Waals surface area contributed by atoms with Crippen molar-refractivity contribution in [1.29, 1.82) is 0 Å². The van der Waals surface area contributed by atoms with Crippen LogP contribution in [-0.4, -0.2) is 39.3 Å². The summed E-state index contributed by atoms with van der Waals surface area (Å²) in [7, 11) is 0. The molecule has 0 bridgehead atoms. The van der Waals surface area contributed by atoms with Gasteiger partial charge in [0.1, 0.15) is 11.5 Å². The topological polar surface area (TPSA) is 79.7 Å². The molecular formula is C23H26N2O4. The Labute approximate surface area is 170 Å². The predicted octanol–water partition coefficient (Wildman–Crippen LogP) is 4.09. The molecule has 1 aromatic heterocycles. The Morgan fingerprint density at radius 2 is 1.93 bits per heavy atom. The van der Waals surface area contributed by atoms with Crippen molar-refractivity contribution in [2.75, 3.05) is 6.54 Å². The van der Waals surface area contributed by atoms with Crippen molar-refractivity contribution in [2.24, 2.45) is 0 Å². The molecule has 3 rings (SSSR count). The van der Waals surface area contributed by atoms with Gasteiger partial charge in [0, 0.05) is 24.5 Å². The number of aliphatic hydroxyl groups is 1. The van der Waals surface area contributed by atoms with Crippen molar-refractivity contribution in [1.82, 2.24) is 9.88 Å². The maximum atomic E-state index is 12.8. The molecule has 6 heteroatoms. The zero-order valence-electron chi connectivity index (χ0n) is 17.0. The van der Waals surface area contributed by atoms with E-state index < -0.39 is 17.7 Å². The van der Waals surface area contributed by atoms with Crippen molar-refractivity contribution in [3.63, 3.8) is 0 Å². The summed E-state index contributed by atoms with van der Waals surface area (Å²) in [4.78, 5) is 31.2. The Hall–Kier alpha value is -3.15. The number of amides is 1. The van der Waals surface area contributed by atoms with Gasteiger partial charge in [-0.05, 0) is 56.2 Å². The predicted molar refractivity (Wildman–Crippen MR) is 110 cm³/mol. The first-order valence-electron chi connectivity index (χ1n) is 9.89. The number of aliphatic hydroxyl groups excluding tert-OH is 1. The number of pyridine rings is 1. The van der Waals surface area contributed by atoms with Gasteiger partial charge in [-0.25, -0.2) is 0 Å². The normalized spacial score (nSPS) is 18.5. The lowest BCUT2D eigenvalue weighted by Gasteiger charge is -2.24. The van der Waals surface area contributed by atoms with Crippen LogP contribution >= 0.6 is 0 Å². The van der Waals surface area contributed by atoms with Crippen molar-refractivity contribution in [3.05, 3.63) is 65.5 Å². The fourth-order valence-corrected chi connectivity index (χ4v) is 3.44. The third-order valence-electron chi connectivity index (χ3n) is 4.79. The van der Waals surface area contributed by atoms with E-state index >= 15 is 0 Å². The molecule has 0 saturated carbocycles. The SMILES string of the molecule is CCCCN1C(=O)C(=O)/C(=C(\O)c2ccc(OC(C)C)cc2)C1c1cccnc1. The largest absolute Gasteiger partial charge is 0.507 e. The van der Waals surface area contributed by atoms with E-state index in [1.807, 2.05) is 26.8 Å². The molecule has 1 unspecified atom stereocenters. The van der Waals surface area contributed by atoms with Crippen molar-refractivity contribution in [3.8, 4) is 5.75 Å². The Balaban J connectivity index is 2.05. The first kappa shape index (κ1) is 20.6. The number of carbonyl (C=O) groups is 2. The van der Waals surface area contributed by atoms with Crippen LogP contribution in [0.15, 0.2) is 54.4 Å². The summed E-state index contributed by atoms with van der Waals surface area (Å²) >= 11 is 0. The van der Waals surface area contributed by atoms with Gasteiger partial charge in [0.25, 0.3) is 11.7 Å². The molecule has 0 aliphatic carbocycles. The summed E-state index contributed by atoms with van der Waals surface area (Å²) in [5, 5.41) is 11.0. The average molecular weight is 394 g/mol. The summed E-state index contributed by atoms with van der Waals surface area (Å²) < 4.78 is 5.63. The number of Topliss-reactive ketones (excluding diaryl/α,β-unsaturated/α-hetero) is 1. The van der Waals surface area contributed by atoms with Crippen LogP contribution in [-0.2, 0) is 9.59 Å². The Kier molecular flexibility index (Phi) is 6.32. The summed E-state index contributed by atoms with van der Waals surface area (Å²) in [6.45, 7) is 6.33. The average Bonchev–Trinajstić information content (AvgIpc) is 2.97. The molecule has 29 heavy (non-hydrogen) atoms. The highest BCUT2D eigenvalue weighted by Crippen LogP contribution is 2.39. The molecule has 1 N–H and O–H groups in total. The van der Waals surface area contributed by atoms with Gasteiger partial charge in [-0.15, -0.1) is 0 Å². The van der Waals surface area contributed by atoms with Crippen LogP contribution in [0.2, 0.25) is 0 Å². The van der Waals surface area contributed by atoms with Crippen LogP contribution < -0.4 is 4.74 Å². The molecule has 1 atom stereocenters. The number of aromatic nitrogens is 1. The van der Waals surface area contributed by atoms with Crippen molar-refractivity contribution in [2.45, 2.75) is 45.8 Å². The number of benzene rings is 1. The first-order valence-corrected chi connectivity index (χ1v) is 9.89. The minimum absolute atomic E-state index is 0.0314. The van der Waals surface area contributed by atoms with Gasteiger partial charge < -0.3 is 14.7 Å². The number of likely N-dealkylation sites (tertiary alicyclic amines) is 1. The summed E-state index contributed by atoms with van der Waals surface area (Å²) in [5.41, 5.74) is 1.25. The van der Waals surface area contributed by atoms with Crippen LogP contribution in [0.5, 0.6) is 5.75 Å². The van der Waals surface area contributed by atoms with E-state index in [1.54, 1.807) is 42.7 Å². The molecule has 1 aliphatic heterocycles. The molecule has 0 spiro atoms. The zero-order valence-corrected chi connectivity index (χ0v) is 17.0. The summed E-state index contributed by atoms with van der Waals surface area (Å²) in [6.07, 6.45) is 4.95. The van der Waals surface area contributed by atoms with Gasteiger partial charge in [0.15, 0.2) is 0 Å². The fraction of sp³-hybridized carbons (Fsp3) is 0.348. The number of unbranched alkanes of at least 4 members (excludes halogenated alkanes) is 1. The minimum Gasteiger partial charge on any atom is -0.507 e. The van der Waals surface area contributed by atoms with Gasteiger partial charge >= 0.3 is 0 Å². The Bertz CT molecular complexity index is 904. The molecular weight excluding hydrogens is 368 g/mol. The highest BCUT2D eigenvalue weighted by Gasteiger charge is 2.45. The molecule has 1 saturated heterocycles. The lowest BCUT2D eigenvalue weighted by molar-refractivity contribution is -0.139. The lowest BCUT2D eigenvalue weighted by Crippen LogP contribution is -2.30. The summed E-state index contributed by atoms with van der Waals surface area (Å²) in [5.74, 6) is -0.778. The second-order valence-corrected chi connectivity index (χ2v) is 7.32. The number of ketones is 1. The van der Waals surface area contributed by atoms with Crippen LogP contribution in [0.25, 0.3) is 5.76 Å². The first-order chi connectivity index (χ1) is 13.9. The number of ether oxygens (including phenoxy) is 1. The highest BCUT2D eigenvalue weighted by molar-refractivity contribution is 6.46. The highest BCUT2D eigenvalue weighted by atomic mass is 16.5. The number of carbonyl (C=O) groups excluding carboxylic acids is 2. The van der Waals surface area contributed by atoms with E-state index in [1.165, 1.54) is 4.90 Å². The second-order valence-electron chi connectivity index (χ2n) is 7.32. The third kappa shape index (κ3) is 4.31. The van der Waals surface area contributed by atoms with Crippen molar-refractivity contribution < 1.29 is 19.4 Å². The molecule has 0 radical (unpaired) electrons. The van der Waals surface area contributed by atoms with Gasteiger partial charge in [0.05, 0.1) is 17.7 Å². The number of hydrogen-bond donors (Lipinski definition) is 1. The van der Waals surface area contributed by atoms with Crippen LogP contribution in [0.4, 0.5) is 0 Å². The molecule has 6 nitrogen and oxygen atoms in total. The van der Waals surface area contributed by atoms with E-state index in [2.05, 4.69) is 4.98 Å². The van der Waals surface area contributed by atoms with Crippen LogP contribution in [0, 0.1) is 0 Å². The van der Waals surface area contributed by atoms with E-state index in [9.17, 15) is 14.7 Å². The third-order valence-corrected chi connectivity index (χ3v) is 4.79. The van der Waals surface area contributed by atoms with Crippen LogP contribution in [0.3, 0.4) is 0 Å². The quantitative estimate of drug-likeness (QED) is 0.435. The fourth-order valence-electron chi connectivity index (χ4n) is 3.44. The molecule has 1 amide bonds. The van der Waals surface area contributed by atoms with E-state index in [0.717, 1.165) is 12.8 Å². The molecule has 1 fully saturated rings. The van der Waals surface area contributed by atoms with E-state index in [0.29, 0.717) is 23.4 Å². The van der Waals surface area contributed by atoms with Gasteiger partial charge in [-0.1, -0.05) is 19.4 Å². The molecule has 2 aromatic rings. The maximum Gasteiger partial charge on any atom is 0.295 e. The van der Waals surface area contributed by atoms with Gasteiger partial charge in [0.2, 0.25) is 0 Å². The van der Waals surface area contributed by atoms with Gasteiger partial charge in [-0.2, -0.15) is 0 Å². The molecule has 152 valence electrons. The maximum absolute atomic E-state index is 12.8. The van der Waals surface area contributed by atoms with Gasteiger partial charge in [-0.3, -0.25) is 14.6 Å². The molecule has 2 heterocycles. The smallest absolute Gasteiger partial charge is 0.295 e. The summed E-state index contributed by atoms with van der Waals surface area (Å²) in [6, 6.07) is 9.77. The monoisotopic (exact) mass is 394 g/mol. The minimum atomic E-state index is -0.671. The standard InChI is InChI=1S/C23H26N2O4/c1-4-5-13-25-20(17-7-6-12-24-14-17)19(22(27)23(25)28)21(26)16-8-10-18(11-9-16)29-15(2)3/h6-12,14-15,20,26H,4-5,13H2,1-3H3/b21-19-. The second kappa shape index (κ2) is 8.90. The molecule has 1 aromatic carbocycles. The van der Waals surface area contributed by atoms with E-state index in [-0.39, 0.29) is 17.4 Å². The Morgan fingerprint density at radius 3 is 2.52 bits per heavy atom.